The summed E-state index contributed by atoms with van der Waals surface area (Å²) in [7, 11) is 0. The van der Waals surface area contributed by atoms with Gasteiger partial charge in [-0.25, -0.2) is 0 Å². The molecule has 0 aliphatic heterocycles. The minimum absolute atomic E-state index is 0.514. The van der Waals surface area contributed by atoms with Gasteiger partial charge in [-0.3, -0.25) is 4.98 Å². The van der Waals surface area contributed by atoms with Crippen LogP contribution in [0.15, 0.2) is 30.5 Å². The number of hydrogen-bond acceptors (Lipinski definition) is 2. The first-order valence-electron chi connectivity index (χ1n) is 6.28. The van der Waals surface area contributed by atoms with E-state index >= 15 is 0 Å². The van der Waals surface area contributed by atoms with E-state index in [1.54, 1.807) is 13.1 Å². The molecule has 1 aromatic heterocycles. The second-order valence-electron chi connectivity index (χ2n) is 4.53. The van der Waals surface area contributed by atoms with E-state index in [9.17, 15) is 5.11 Å². The molecule has 0 aliphatic rings. The second kappa shape index (κ2) is 5.28. The van der Waals surface area contributed by atoms with E-state index in [1.165, 1.54) is 18.4 Å². The zero-order valence-electron chi connectivity index (χ0n) is 10.5. The van der Waals surface area contributed by atoms with Crippen LogP contribution in [0.1, 0.15) is 44.1 Å². The molecule has 0 spiro atoms. The van der Waals surface area contributed by atoms with Crippen molar-refractivity contribution in [3.63, 3.8) is 0 Å². The molecule has 2 rings (SSSR count). The summed E-state index contributed by atoms with van der Waals surface area (Å²) in [5.41, 5.74) is 2.11. The third kappa shape index (κ3) is 2.64. The molecular weight excluding hydrogens is 210 g/mol. The average Bonchev–Trinajstić information content (AvgIpc) is 2.35. The lowest BCUT2D eigenvalue weighted by Gasteiger charge is -2.09. The third-order valence-corrected chi connectivity index (χ3v) is 3.08. The SMILES string of the molecule is CCCCc1ccc2ccnc(C(C)O)c2c1. The second-order valence-corrected chi connectivity index (χ2v) is 4.53. The molecule has 2 aromatic rings. The molecule has 0 radical (unpaired) electrons. The van der Waals surface area contributed by atoms with Crippen LogP contribution in [0.3, 0.4) is 0 Å². The van der Waals surface area contributed by atoms with Crippen LogP contribution in [0.2, 0.25) is 0 Å². The number of aryl methyl sites for hydroxylation is 1. The molecular formula is C15H19NO. The van der Waals surface area contributed by atoms with Gasteiger partial charge in [0, 0.05) is 11.6 Å². The summed E-state index contributed by atoms with van der Waals surface area (Å²) in [6.45, 7) is 3.96. The first-order valence-corrected chi connectivity index (χ1v) is 6.28. The summed E-state index contributed by atoms with van der Waals surface area (Å²) in [4.78, 5) is 4.28. The highest BCUT2D eigenvalue weighted by Crippen LogP contribution is 2.23. The molecule has 1 unspecified atom stereocenters. The molecule has 0 amide bonds. The molecule has 0 aliphatic carbocycles. The molecule has 0 bridgehead atoms. The monoisotopic (exact) mass is 229 g/mol. The van der Waals surface area contributed by atoms with Crippen LogP contribution in [-0.2, 0) is 6.42 Å². The Morgan fingerprint density at radius 1 is 1.29 bits per heavy atom. The van der Waals surface area contributed by atoms with E-state index < -0.39 is 6.10 Å². The quantitative estimate of drug-likeness (QED) is 0.868. The highest BCUT2D eigenvalue weighted by molar-refractivity contribution is 5.85. The van der Waals surface area contributed by atoms with Crippen LogP contribution in [0.4, 0.5) is 0 Å². The van der Waals surface area contributed by atoms with E-state index in [0.717, 1.165) is 22.9 Å². The van der Waals surface area contributed by atoms with E-state index in [1.807, 2.05) is 6.07 Å². The van der Waals surface area contributed by atoms with Crippen LogP contribution in [-0.4, -0.2) is 10.1 Å². The number of aliphatic hydroxyl groups excluding tert-OH is 1. The number of fused-ring (bicyclic) bond motifs is 1. The largest absolute Gasteiger partial charge is 0.387 e. The van der Waals surface area contributed by atoms with Crippen molar-refractivity contribution in [2.45, 2.75) is 39.2 Å². The summed E-state index contributed by atoms with van der Waals surface area (Å²) < 4.78 is 0. The standard InChI is InChI=1S/C15H19NO/c1-3-4-5-12-6-7-13-8-9-16-15(11(2)17)14(13)10-12/h6-11,17H,3-5H2,1-2H3. The Hall–Kier alpha value is -1.41. The Kier molecular flexibility index (Phi) is 3.75. The van der Waals surface area contributed by atoms with Gasteiger partial charge in [-0.2, -0.15) is 0 Å². The Labute approximate surface area is 102 Å². The number of rotatable bonds is 4. The normalized spacial score (nSPS) is 12.9. The maximum absolute atomic E-state index is 9.73. The first kappa shape index (κ1) is 12.1. The molecule has 1 N–H and O–H groups in total. The van der Waals surface area contributed by atoms with Gasteiger partial charge in [0.2, 0.25) is 0 Å². The van der Waals surface area contributed by atoms with Gasteiger partial charge in [-0.15, -0.1) is 0 Å². The molecule has 2 heteroatoms. The number of pyridine rings is 1. The molecule has 90 valence electrons. The number of hydrogen-bond donors (Lipinski definition) is 1. The molecule has 1 heterocycles. The third-order valence-electron chi connectivity index (χ3n) is 3.08. The van der Waals surface area contributed by atoms with Gasteiger partial charge in [-0.05, 0) is 42.8 Å². The minimum Gasteiger partial charge on any atom is -0.387 e. The van der Waals surface area contributed by atoms with Crippen molar-refractivity contribution in [3.8, 4) is 0 Å². The maximum Gasteiger partial charge on any atom is 0.0938 e. The van der Waals surface area contributed by atoms with Gasteiger partial charge in [0.15, 0.2) is 0 Å². The summed E-state index contributed by atoms with van der Waals surface area (Å²) in [5.74, 6) is 0. The lowest BCUT2D eigenvalue weighted by molar-refractivity contribution is 0.196. The van der Waals surface area contributed by atoms with Crippen molar-refractivity contribution in [1.29, 1.82) is 0 Å². The summed E-state index contributed by atoms with van der Waals surface area (Å²) in [6, 6.07) is 8.45. The van der Waals surface area contributed by atoms with Gasteiger partial charge in [0.25, 0.3) is 0 Å². The van der Waals surface area contributed by atoms with Gasteiger partial charge in [0.05, 0.1) is 11.8 Å². The predicted octanol–water partition coefficient (Wildman–Crippen LogP) is 3.63. The number of aromatic nitrogens is 1. The minimum atomic E-state index is -0.514. The van der Waals surface area contributed by atoms with Crippen molar-refractivity contribution in [3.05, 3.63) is 41.7 Å². The molecule has 0 fully saturated rings. The predicted molar refractivity (Wildman–Crippen MR) is 71.0 cm³/mol. The van der Waals surface area contributed by atoms with Crippen molar-refractivity contribution in [1.82, 2.24) is 4.98 Å². The van der Waals surface area contributed by atoms with E-state index in [2.05, 4.69) is 30.1 Å². The van der Waals surface area contributed by atoms with E-state index in [0.29, 0.717) is 0 Å². The highest BCUT2D eigenvalue weighted by atomic mass is 16.3. The molecule has 2 nitrogen and oxygen atoms in total. The number of nitrogens with zero attached hydrogens (tertiary/aromatic N) is 1. The summed E-state index contributed by atoms with van der Waals surface area (Å²) in [5, 5.41) is 12.0. The smallest absolute Gasteiger partial charge is 0.0938 e. The van der Waals surface area contributed by atoms with Gasteiger partial charge in [0.1, 0.15) is 0 Å². The number of aliphatic hydroxyl groups is 1. The van der Waals surface area contributed by atoms with Crippen LogP contribution >= 0.6 is 0 Å². The molecule has 1 atom stereocenters. The fourth-order valence-corrected chi connectivity index (χ4v) is 2.11. The molecule has 17 heavy (non-hydrogen) atoms. The van der Waals surface area contributed by atoms with Crippen molar-refractivity contribution in [2.24, 2.45) is 0 Å². The van der Waals surface area contributed by atoms with Gasteiger partial charge < -0.3 is 5.11 Å². The fraction of sp³-hybridized carbons (Fsp3) is 0.400. The van der Waals surface area contributed by atoms with Crippen LogP contribution < -0.4 is 0 Å². The Balaban J connectivity index is 2.46. The zero-order valence-corrected chi connectivity index (χ0v) is 10.5. The number of benzene rings is 1. The van der Waals surface area contributed by atoms with Crippen LogP contribution in [0.25, 0.3) is 10.8 Å². The molecule has 0 saturated heterocycles. The van der Waals surface area contributed by atoms with E-state index in [4.69, 9.17) is 0 Å². The summed E-state index contributed by atoms with van der Waals surface area (Å²) in [6.07, 6.45) is 4.75. The number of unbranched alkanes of at least 4 members (excludes halogenated alkanes) is 1. The van der Waals surface area contributed by atoms with Crippen molar-refractivity contribution in [2.75, 3.05) is 0 Å². The lowest BCUT2D eigenvalue weighted by Crippen LogP contribution is -1.97. The fourth-order valence-electron chi connectivity index (χ4n) is 2.11. The maximum atomic E-state index is 9.73. The van der Waals surface area contributed by atoms with Gasteiger partial charge >= 0.3 is 0 Å². The lowest BCUT2D eigenvalue weighted by atomic mass is 10.0. The van der Waals surface area contributed by atoms with Crippen LogP contribution in [0, 0.1) is 0 Å². The van der Waals surface area contributed by atoms with Gasteiger partial charge in [-0.1, -0.05) is 25.5 Å². The van der Waals surface area contributed by atoms with E-state index in [-0.39, 0.29) is 0 Å². The highest BCUT2D eigenvalue weighted by Gasteiger charge is 2.08. The van der Waals surface area contributed by atoms with Crippen LogP contribution in [0.5, 0.6) is 0 Å². The zero-order chi connectivity index (χ0) is 12.3. The molecule has 1 aromatic carbocycles. The van der Waals surface area contributed by atoms with Crippen molar-refractivity contribution >= 4 is 10.8 Å². The first-order chi connectivity index (χ1) is 8.22. The Morgan fingerprint density at radius 2 is 2.12 bits per heavy atom. The Morgan fingerprint density at radius 3 is 2.82 bits per heavy atom. The van der Waals surface area contributed by atoms with Crippen molar-refractivity contribution < 1.29 is 5.11 Å². The summed E-state index contributed by atoms with van der Waals surface area (Å²) >= 11 is 0. The molecule has 0 saturated carbocycles. The topological polar surface area (TPSA) is 33.1 Å². The Bertz CT molecular complexity index is 505. The average molecular weight is 229 g/mol.